The molecular weight excluding hydrogens is 492 g/mol. The second kappa shape index (κ2) is 10.8. The van der Waals surface area contributed by atoms with Gasteiger partial charge in [0.05, 0.1) is 18.8 Å². The number of hydrogen-bond donors (Lipinski definition) is 1. The number of fused-ring (bicyclic) bond motifs is 3. The Labute approximate surface area is 228 Å². The van der Waals surface area contributed by atoms with Crippen molar-refractivity contribution < 1.29 is 9.47 Å². The van der Waals surface area contributed by atoms with E-state index in [4.69, 9.17) is 26.1 Å². The highest BCUT2D eigenvalue weighted by Crippen LogP contribution is 2.49. The second-order valence-electron chi connectivity index (χ2n) is 9.74. The van der Waals surface area contributed by atoms with Gasteiger partial charge in [-0.05, 0) is 83.1 Å². The molecule has 0 saturated carbocycles. The summed E-state index contributed by atoms with van der Waals surface area (Å²) in [4.78, 5) is 4.70. The monoisotopic (exact) mass is 520 g/mol. The molecule has 1 aliphatic carbocycles. The van der Waals surface area contributed by atoms with E-state index in [1.165, 1.54) is 16.8 Å². The molecule has 38 heavy (non-hydrogen) atoms. The molecule has 6 rings (SSSR count). The van der Waals surface area contributed by atoms with Gasteiger partial charge < -0.3 is 14.8 Å². The van der Waals surface area contributed by atoms with Crippen LogP contribution >= 0.6 is 11.6 Å². The van der Waals surface area contributed by atoms with Gasteiger partial charge in [0.2, 0.25) is 0 Å². The highest BCUT2D eigenvalue weighted by Gasteiger charge is 2.37. The Bertz CT molecular complexity index is 1500. The molecule has 0 aromatic heterocycles. The van der Waals surface area contributed by atoms with Crippen LogP contribution in [0.1, 0.15) is 40.6 Å². The van der Waals surface area contributed by atoms with Gasteiger partial charge in [0.25, 0.3) is 0 Å². The first kappa shape index (κ1) is 24.3. The molecule has 4 aromatic rings. The van der Waals surface area contributed by atoms with Gasteiger partial charge in [0, 0.05) is 22.8 Å². The third kappa shape index (κ3) is 5.05. The molecule has 0 spiro atoms. The standard InChI is InChI=1S/C33H29ClN2O2/c1-37-32-19-22(12-17-31(32)38-21-23-6-4-7-25(34)18-23)20-35-26-15-13-24(14-16-26)33-29-10-5-9-27(29)28-8-2-3-11-30(28)36-33/h2-9,11-20,27,29,33,36H,10,21H2,1H3/t27-,29+,33-/m0/s1. The van der Waals surface area contributed by atoms with Gasteiger partial charge in [-0.3, -0.25) is 4.99 Å². The third-order valence-corrected chi connectivity index (χ3v) is 7.59. The van der Waals surface area contributed by atoms with Crippen LogP contribution in [0.5, 0.6) is 11.5 Å². The molecular formula is C33H29ClN2O2. The lowest BCUT2D eigenvalue weighted by atomic mass is 9.77. The van der Waals surface area contributed by atoms with E-state index in [0.29, 0.717) is 35.0 Å². The van der Waals surface area contributed by atoms with Crippen LogP contribution in [0.25, 0.3) is 0 Å². The predicted molar refractivity (Wildman–Crippen MR) is 155 cm³/mol. The molecule has 190 valence electrons. The van der Waals surface area contributed by atoms with Gasteiger partial charge in [-0.25, -0.2) is 0 Å². The summed E-state index contributed by atoms with van der Waals surface area (Å²) in [7, 11) is 1.64. The van der Waals surface area contributed by atoms with Crippen molar-refractivity contribution in [2.75, 3.05) is 12.4 Å². The lowest BCUT2D eigenvalue weighted by molar-refractivity contribution is 0.284. The van der Waals surface area contributed by atoms with Gasteiger partial charge in [-0.1, -0.05) is 66.2 Å². The van der Waals surface area contributed by atoms with Gasteiger partial charge in [0.15, 0.2) is 11.5 Å². The van der Waals surface area contributed by atoms with Crippen molar-refractivity contribution in [2.45, 2.75) is 25.0 Å². The highest BCUT2D eigenvalue weighted by molar-refractivity contribution is 6.30. The Balaban J connectivity index is 1.14. The first-order chi connectivity index (χ1) is 18.7. The summed E-state index contributed by atoms with van der Waals surface area (Å²) in [6.07, 6.45) is 7.64. The van der Waals surface area contributed by atoms with Crippen LogP contribution in [0.3, 0.4) is 0 Å². The molecule has 0 radical (unpaired) electrons. The number of para-hydroxylation sites is 1. The van der Waals surface area contributed by atoms with Gasteiger partial charge >= 0.3 is 0 Å². The molecule has 0 saturated heterocycles. The van der Waals surface area contributed by atoms with Crippen molar-refractivity contribution >= 4 is 29.2 Å². The number of nitrogens with one attached hydrogen (secondary N) is 1. The highest BCUT2D eigenvalue weighted by atomic mass is 35.5. The number of ether oxygens (including phenoxy) is 2. The summed E-state index contributed by atoms with van der Waals surface area (Å²) < 4.78 is 11.5. The normalized spacial score (nSPS) is 19.6. The van der Waals surface area contributed by atoms with Crippen LogP contribution < -0.4 is 14.8 Å². The van der Waals surface area contributed by atoms with Gasteiger partial charge in [-0.15, -0.1) is 0 Å². The quantitative estimate of drug-likeness (QED) is 0.196. The van der Waals surface area contributed by atoms with Crippen molar-refractivity contribution in [3.05, 3.63) is 130 Å². The molecule has 1 N–H and O–H groups in total. The van der Waals surface area contributed by atoms with Crippen LogP contribution in [0.2, 0.25) is 5.02 Å². The van der Waals surface area contributed by atoms with Crippen molar-refractivity contribution in [2.24, 2.45) is 10.9 Å². The lowest BCUT2D eigenvalue weighted by Crippen LogP contribution is -2.28. The molecule has 0 unspecified atom stereocenters. The number of halogens is 1. The van der Waals surface area contributed by atoms with E-state index in [9.17, 15) is 0 Å². The molecule has 0 fully saturated rings. The maximum Gasteiger partial charge on any atom is 0.161 e. The van der Waals surface area contributed by atoms with E-state index in [2.05, 4.69) is 66.0 Å². The van der Waals surface area contributed by atoms with Crippen LogP contribution in [-0.2, 0) is 6.61 Å². The largest absolute Gasteiger partial charge is 0.493 e. The van der Waals surface area contributed by atoms with Crippen LogP contribution in [0.4, 0.5) is 11.4 Å². The summed E-state index contributed by atoms with van der Waals surface area (Å²) in [6, 6.07) is 31.0. The molecule has 5 heteroatoms. The lowest BCUT2D eigenvalue weighted by Gasteiger charge is -2.37. The SMILES string of the molecule is COc1cc(C=Nc2ccc([C@@H]3Nc4ccccc4[C@@H]4C=CC[C@H]43)cc2)ccc1OCc1cccc(Cl)c1. The minimum absolute atomic E-state index is 0.284. The topological polar surface area (TPSA) is 42.8 Å². The number of rotatable bonds is 7. The van der Waals surface area contributed by atoms with E-state index >= 15 is 0 Å². The number of benzene rings is 4. The van der Waals surface area contributed by atoms with Crippen LogP contribution in [-0.4, -0.2) is 13.3 Å². The zero-order valence-corrected chi connectivity index (χ0v) is 21.9. The minimum atomic E-state index is 0.284. The maximum atomic E-state index is 6.08. The van der Waals surface area contributed by atoms with E-state index in [0.717, 1.165) is 23.2 Å². The van der Waals surface area contributed by atoms with Crippen molar-refractivity contribution in [3.63, 3.8) is 0 Å². The number of nitrogens with zero attached hydrogens (tertiary/aromatic N) is 1. The van der Waals surface area contributed by atoms with Crippen LogP contribution in [0, 0.1) is 5.92 Å². The first-order valence-corrected chi connectivity index (χ1v) is 13.3. The average molecular weight is 521 g/mol. The average Bonchev–Trinajstić information content (AvgIpc) is 3.46. The second-order valence-corrected chi connectivity index (χ2v) is 10.2. The zero-order chi connectivity index (χ0) is 25.9. The maximum absolute atomic E-state index is 6.08. The fourth-order valence-corrected chi connectivity index (χ4v) is 5.67. The number of methoxy groups -OCH3 is 1. The molecule has 3 atom stereocenters. The molecule has 4 aromatic carbocycles. The number of allylic oxidation sites excluding steroid dienone is 2. The molecule has 2 aliphatic rings. The summed E-state index contributed by atoms with van der Waals surface area (Å²) in [5, 5.41) is 4.48. The summed E-state index contributed by atoms with van der Waals surface area (Å²) in [6.45, 7) is 0.413. The van der Waals surface area contributed by atoms with Gasteiger partial charge in [-0.2, -0.15) is 0 Å². The molecule has 1 aliphatic heterocycles. The Kier molecular flexibility index (Phi) is 6.89. The molecule has 4 nitrogen and oxygen atoms in total. The fourth-order valence-electron chi connectivity index (χ4n) is 5.46. The molecule has 0 bridgehead atoms. The van der Waals surface area contributed by atoms with E-state index in [-0.39, 0.29) is 6.04 Å². The smallest absolute Gasteiger partial charge is 0.161 e. The number of hydrogen-bond acceptors (Lipinski definition) is 4. The summed E-state index contributed by atoms with van der Waals surface area (Å²) >= 11 is 6.08. The van der Waals surface area contributed by atoms with E-state index < -0.39 is 0 Å². The third-order valence-electron chi connectivity index (χ3n) is 7.36. The summed E-state index contributed by atoms with van der Waals surface area (Å²) in [5.74, 6) is 2.35. The molecule has 0 amide bonds. The van der Waals surface area contributed by atoms with Crippen LogP contribution in [0.15, 0.2) is 108 Å². The Hall–Kier alpha value is -4.02. The Morgan fingerprint density at radius 1 is 0.947 bits per heavy atom. The van der Waals surface area contributed by atoms with Crippen molar-refractivity contribution in [1.29, 1.82) is 0 Å². The predicted octanol–water partition coefficient (Wildman–Crippen LogP) is 8.50. The van der Waals surface area contributed by atoms with Crippen molar-refractivity contribution in [3.8, 4) is 11.5 Å². The van der Waals surface area contributed by atoms with Gasteiger partial charge in [0.1, 0.15) is 6.61 Å². The fraction of sp³-hybridized carbons (Fsp3) is 0.182. The van der Waals surface area contributed by atoms with E-state index in [1.807, 2.05) is 48.7 Å². The first-order valence-electron chi connectivity index (χ1n) is 12.9. The van der Waals surface area contributed by atoms with E-state index in [1.54, 1.807) is 7.11 Å². The Morgan fingerprint density at radius 3 is 2.66 bits per heavy atom. The minimum Gasteiger partial charge on any atom is -0.493 e. The zero-order valence-electron chi connectivity index (χ0n) is 21.2. The number of aliphatic imine (C=N–C) groups is 1. The Morgan fingerprint density at radius 2 is 1.82 bits per heavy atom. The number of anilines is 1. The molecule has 1 heterocycles. The van der Waals surface area contributed by atoms with Crippen molar-refractivity contribution in [1.82, 2.24) is 0 Å². The summed E-state index contributed by atoms with van der Waals surface area (Å²) in [5.41, 5.74) is 6.78.